The number of anilines is 2. The van der Waals surface area contributed by atoms with Crippen molar-refractivity contribution < 1.29 is 14.5 Å². The molecule has 0 saturated carbocycles. The molecular formula is C22H30N3O2+. The first-order valence-electron chi connectivity index (χ1n) is 9.45. The van der Waals surface area contributed by atoms with Gasteiger partial charge in [-0.15, -0.1) is 0 Å². The Morgan fingerprint density at radius 2 is 1.56 bits per heavy atom. The maximum atomic E-state index is 12.4. The molecule has 0 saturated heterocycles. The third kappa shape index (κ3) is 6.53. The number of carbonyl (C=O) groups is 2. The van der Waals surface area contributed by atoms with E-state index in [-0.39, 0.29) is 24.9 Å². The van der Waals surface area contributed by atoms with Gasteiger partial charge in [-0.2, -0.15) is 0 Å². The molecule has 0 aromatic heterocycles. The number of aryl methyl sites for hydroxylation is 1. The maximum Gasteiger partial charge on any atom is 0.279 e. The molecule has 0 fully saturated rings. The summed E-state index contributed by atoms with van der Waals surface area (Å²) in [6.45, 7) is 6.75. The molecule has 2 rings (SSSR count). The number of hydrogen-bond donors (Lipinski definition) is 3. The minimum Gasteiger partial charge on any atom is -0.322 e. The largest absolute Gasteiger partial charge is 0.322 e. The predicted molar refractivity (Wildman–Crippen MR) is 110 cm³/mol. The van der Waals surface area contributed by atoms with Gasteiger partial charge in [0.05, 0.1) is 7.05 Å². The number of rotatable bonds is 8. The van der Waals surface area contributed by atoms with Gasteiger partial charge in [0.1, 0.15) is 0 Å². The fourth-order valence-corrected chi connectivity index (χ4v) is 2.91. The molecular weight excluding hydrogens is 338 g/mol. The lowest BCUT2D eigenvalue weighted by Crippen LogP contribution is -3.11. The van der Waals surface area contributed by atoms with Crippen LogP contribution in [0.15, 0.2) is 48.5 Å². The number of amides is 2. The van der Waals surface area contributed by atoms with Gasteiger partial charge < -0.3 is 15.5 Å². The average Bonchev–Trinajstić information content (AvgIpc) is 2.63. The SMILES string of the molecule is CC[C@@H](C)c1ccccc1NC(=O)C[NH+](C)CC(=O)Nc1ccc(C)cc1. The number of para-hydroxylation sites is 1. The van der Waals surface area contributed by atoms with Gasteiger partial charge in [-0.05, 0) is 43.0 Å². The summed E-state index contributed by atoms with van der Waals surface area (Å²) in [5.41, 5.74) is 3.91. The average molecular weight is 369 g/mol. The van der Waals surface area contributed by atoms with Crippen molar-refractivity contribution in [1.29, 1.82) is 0 Å². The standard InChI is InChI=1S/C22H29N3O2/c1-5-17(3)19-8-6-7-9-20(19)24-22(27)15-25(4)14-21(26)23-18-12-10-16(2)11-13-18/h6-13,17H,5,14-15H2,1-4H3,(H,23,26)(H,24,27)/p+1/t17-/m1/s1. The van der Waals surface area contributed by atoms with Gasteiger partial charge in [-0.3, -0.25) is 9.59 Å². The zero-order chi connectivity index (χ0) is 19.8. The number of quaternary nitrogens is 1. The summed E-state index contributed by atoms with van der Waals surface area (Å²) >= 11 is 0. The monoisotopic (exact) mass is 368 g/mol. The topological polar surface area (TPSA) is 62.6 Å². The Labute approximate surface area is 161 Å². The Morgan fingerprint density at radius 3 is 2.19 bits per heavy atom. The van der Waals surface area contributed by atoms with Gasteiger partial charge >= 0.3 is 0 Å². The minimum atomic E-state index is -0.107. The summed E-state index contributed by atoms with van der Waals surface area (Å²) in [7, 11) is 1.84. The zero-order valence-corrected chi connectivity index (χ0v) is 16.6. The minimum absolute atomic E-state index is 0.0913. The van der Waals surface area contributed by atoms with E-state index in [0.29, 0.717) is 5.92 Å². The lowest BCUT2D eigenvalue weighted by Gasteiger charge is -2.17. The van der Waals surface area contributed by atoms with Gasteiger partial charge in [0.25, 0.3) is 11.8 Å². The highest BCUT2D eigenvalue weighted by molar-refractivity contribution is 5.93. The van der Waals surface area contributed by atoms with Crippen LogP contribution in [0.3, 0.4) is 0 Å². The summed E-state index contributed by atoms with van der Waals surface area (Å²) in [5, 5.41) is 5.86. The quantitative estimate of drug-likeness (QED) is 0.671. The summed E-state index contributed by atoms with van der Waals surface area (Å²) in [6.07, 6.45) is 1.01. The second kappa shape index (κ2) is 9.88. The van der Waals surface area contributed by atoms with E-state index in [1.165, 1.54) is 0 Å². The highest BCUT2D eigenvalue weighted by atomic mass is 16.2. The van der Waals surface area contributed by atoms with Crippen molar-refractivity contribution >= 4 is 23.2 Å². The molecule has 0 aliphatic carbocycles. The number of hydrogen-bond acceptors (Lipinski definition) is 2. The van der Waals surface area contributed by atoms with Crippen LogP contribution in [0, 0.1) is 6.92 Å². The van der Waals surface area contributed by atoms with Gasteiger partial charge in [-0.1, -0.05) is 49.7 Å². The highest BCUT2D eigenvalue weighted by Crippen LogP contribution is 2.26. The van der Waals surface area contributed by atoms with Gasteiger partial charge in [0.15, 0.2) is 13.1 Å². The molecule has 2 amide bonds. The summed E-state index contributed by atoms with van der Waals surface area (Å²) in [4.78, 5) is 25.4. The van der Waals surface area contributed by atoms with Gasteiger partial charge in [-0.25, -0.2) is 0 Å². The second-order valence-electron chi connectivity index (χ2n) is 7.17. The van der Waals surface area contributed by atoms with Crippen molar-refractivity contribution in [3.8, 4) is 0 Å². The van der Waals surface area contributed by atoms with Crippen LogP contribution in [0.25, 0.3) is 0 Å². The van der Waals surface area contributed by atoms with Crippen LogP contribution in [0.2, 0.25) is 0 Å². The zero-order valence-electron chi connectivity index (χ0n) is 16.6. The molecule has 0 radical (unpaired) electrons. The molecule has 2 aromatic rings. The van der Waals surface area contributed by atoms with Crippen molar-refractivity contribution in [3.63, 3.8) is 0 Å². The van der Waals surface area contributed by atoms with E-state index in [1.54, 1.807) is 0 Å². The van der Waals surface area contributed by atoms with E-state index in [0.717, 1.165) is 33.8 Å². The van der Waals surface area contributed by atoms with Crippen LogP contribution in [-0.4, -0.2) is 32.0 Å². The Hall–Kier alpha value is -2.66. The first-order chi connectivity index (χ1) is 12.9. The molecule has 2 aromatic carbocycles. The van der Waals surface area contributed by atoms with Crippen LogP contribution in [0.1, 0.15) is 37.3 Å². The second-order valence-corrected chi connectivity index (χ2v) is 7.17. The fraction of sp³-hybridized carbons (Fsp3) is 0.364. The highest BCUT2D eigenvalue weighted by Gasteiger charge is 2.16. The van der Waals surface area contributed by atoms with E-state index in [2.05, 4.69) is 30.5 Å². The van der Waals surface area contributed by atoms with Crippen LogP contribution in [-0.2, 0) is 9.59 Å². The molecule has 27 heavy (non-hydrogen) atoms. The molecule has 5 heteroatoms. The summed E-state index contributed by atoms with van der Waals surface area (Å²) in [5.74, 6) is 0.183. The fourth-order valence-electron chi connectivity index (χ4n) is 2.91. The molecule has 144 valence electrons. The summed E-state index contributed by atoms with van der Waals surface area (Å²) < 4.78 is 0. The first kappa shape index (κ1) is 20.6. The number of carbonyl (C=O) groups excluding carboxylic acids is 2. The van der Waals surface area contributed by atoms with Crippen molar-refractivity contribution in [1.82, 2.24) is 0 Å². The van der Waals surface area contributed by atoms with Gasteiger partial charge in [0, 0.05) is 11.4 Å². The first-order valence-corrected chi connectivity index (χ1v) is 9.45. The lowest BCUT2D eigenvalue weighted by atomic mass is 9.97. The Balaban J connectivity index is 1.86. The molecule has 0 aliphatic heterocycles. The van der Waals surface area contributed by atoms with Crippen LogP contribution in [0.5, 0.6) is 0 Å². The molecule has 0 bridgehead atoms. The Kier molecular flexibility index (Phi) is 7.55. The van der Waals surface area contributed by atoms with Crippen LogP contribution >= 0.6 is 0 Å². The molecule has 0 heterocycles. The maximum absolute atomic E-state index is 12.4. The summed E-state index contributed by atoms with van der Waals surface area (Å²) in [6, 6.07) is 15.6. The van der Waals surface area contributed by atoms with E-state index < -0.39 is 0 Å². The Bertz CT molecular complexity index is 771. The van der Waals surface area contributed by atoms with E-state index in [1.807, 2.05) is 56.4 Å². The molecule has 5 nitrogen and oxygen atoms in total. The van der Waals surface area contributed by atoms with E-state index in [9.17, 15) is 9.59 Å². The normalized spacial score (nSPS) is 12.9. The third-order valence-corrected chi connectivity index (χ3v) is 4.64. The van der Waals surface area contributed by atoms with Crippen molar-refractivity contribution in [2.45, 2.75) is 33.1 Å². The van der Waals surface area contributed by atoms with Crippen molar-refractivity contribution in [2.24, 2.45) is 0 Å². The molecule has 0 spiro atoms. The van der Waals surface area contributed by atoms with Crippen molar-refractivity contribution in [3.05, 3.63) is 59.7 Å². The van der Waals surface area contributed by atoms with E-state index in [4.69, 9.17) is 0 Å². The molecule has 0 aliphatic rings. The lowest BCUT2D eigenvalue weighted by molar-refractivity contribution is -0.862. The number of likely N-dealkylation sites (N-methyl/N-ethyl adjacent to an activating group) is 1. The van der Waals surface area contributed by atoms with Crippen LogP contribution in [0.4, 0.5) is 11.4 Å². The molecule has 1 unspecified atom stereocenters. The van der Waals surface area contributed by atoms with Crippen LogP contribution < -0.4 is 15.5 Å². The van der Waals surface area contributed by atoms with Gasteiger partial charge in [0.2, 0.25) is 0 Å². The van der Waals surface area contributed by atoms with Crippen molar-refractivity contribution in [2.75, 3.05) is 30.8 Å². The molecule has 3 N–H and O–H groups in total. The number of nitrogens with one attached hydrogen (secondary N) is 3. The smallest absolute Gasteiger partial charge is 0.279 e. The third-order valence-electron chi connectivity index (χ3n) is 4.64. The number of benzene rings is 2. The Morgan fingerprint density at radius 1 is 0.963 bits per heavy atom. The predicted octanol–water partition coefficient (Wildman–Crippen LogP) is 2.60. The molecule has 2 atom stereocenters. The van der Waals surface area contributed by atoms with E-state index >= 15 is 0 Å².